The quantitative estimate of drug-likeness (QED) is 0.803. The fraction of sp³-hybridized carbons (Fsp3) is 0.417. The van der Waals surface area contributed by atoms with Crippen LogP contribution >= 0.6 is 0 Å². The Labute approximate surface area is 99.7 Å². The highest BCUT2D eigenvalue weighted by Gasteiger charge is 2.07. The molecule has 5 heteroatoms. The monoisotopic (exact) mass is 241 g/mol. The molecule has 94 valence electrons. The van der Waals surface area contributed by atoms with E-state index in [-0.39, 0.29) is 24.4 Å². The van der Waals surface area contributed by atoms with Crippen molar-refractivity contribution in [3.8, 4) is 5.75 Å². The Hall–Kier alpha value is -1.78. The van der Waals surface area contributed by atoms with E-state index >= 15 is 0 Å². The lowest BCUT2D eigenvalue weighted by atomic mass is 10.3. The fourth-order valence-corrected chi connectivity index (χ4v) is 1.25. The number of halogens is 1. The summed E-state index contributed by atoms with van der Waals surface area (Å²) in [5, 5.41) is 2.83. The maximum Gasteiger partial charge on any atom is 0.325 e. The fourth-order valence-electron chi connectivity index (χ4n) is 1.25. The van der Waals surface area contributed by atoms with Crippen LogP contribution in [-0.2, 0) is 9.53 Å². The highest BCUT2D eigenvalue weighted by atomic mass is 19.1. The average molecular weight is 241 g/mol. The molecule has 0 unspecified atom stereocenters. The number of ether oxygens (including phenoxy) is 2. The standard InChI is InChI=1S/C12H16FNO3/c1-8(2)17-12(15)7-14-9-4-5-10(13)11(6-9)16-3/h4-6,8,14H,7H2,1-3H3. The Morgan fingerprint density at radius 3 is 2.76 bits per heavy atom. The zero-order valence-corrected chi connectivity index (χ0v) is 10.1. The normalized spacial score (nSPS) is 10.2. The lowest BCUT2D eigenvalue weighted by Gasteiger charge is -2.10. The largest absolute Gasteiger partial charge is 0.494 e. The van der Waals surface area contributed by atoms with Crippen molar-refractivity contribution in [2.75, 3.05) is 19.0 Å². The highest BCUT2D eigenvalue weighted by Crippen LogP contribution is 2.21. The summed E-state index contributed by atoms with van der Waals surface area (Å²) in [6.07, 6.45) is -0.146. The van der Waals surface area contributed by atoms with Gasteiger partial charge in [-0.1, -0.05) is 0 Å². The molecular formula is C12H16FNO3. The molecule has 0 spiro atoms. The van der Waals surface area contributed by atoms with Gasteiger partial charge in [0, 0.05) is 11.8 Å². The summed E-state index contributed by atoms with van der Waals surface area (Å²) in [6.45, 7) is 3.59. The molecule has 0 aromatic heterocycles. The number of esters is 1. The molecule has 0 atom stereocenters. The maximum atomic E-state index is 13.1. The van der Waals surface area contributed by atoms with Crippen LogP contribution in [0.15, 0.2) is 18.2 Å². The number of hydrogen-bond donors (Lipinski definition) is 1. The summed E-state index contributed by atoms with van der Waals surface area (Å²) in [6, 6.07) is 4.29. The molecule has 0 aliphatic carbocycles. The number of hydrogen-bond acceptors (Lipinski definition) is 4. The zero-order valence-electron chi connectivity index (χ0n) is 10.1. The predicted molar refractivity (Wildman–Crippen MR) is 62.7 cm³/mol. The van der Waals surface area contributed by atoms with Crippen LogP contribution < -0.4 is 10.1 Å². The van der Waals surface area contributed by atoms with E-state index in [2.05, 4.69) is 5.32 Å². The van der Waals surface area contributed by atoms with Crippen molar-refractivity contribution in [1.29, 1.82) is 0 Å². The molecule has 0 saturated heterocycles. The molecule has 1 aromatic carbocycles. The molecule has 0 aliphatic rings. The SMILES string of the molecule is COc1cc(NCC(=O)OC(C)C)ccc1F. The first kappa shape index (κ1) is 13.3. The van der Waals surface area contributed by atoms with Crippen molar-refractivity contribution in [3.05, 3.63) is 24.0 Å². The van der Waals surface area contributed by atoms with E-state index < -0.39 is 5.82 Å². The van der Waals surface area contributed by atoms with Crippen LogP contribution in [0.25, 0.3) is 0 Å². The van der Waals surface area contributed by atoms with E-state index in [4.69, 9.17) is 9.47 Å². The van der Waals surface area contributed by atoms with E-state index in [1.807, 2.05) is 0 Å². The Balaban J connectivity index is 2.55. The third-order valence-corrected chi connectivity index (χ3v) is 1.96. The first-order valence-electron chi connectivity index (χ1n) is 5.30. The van der Waals surface area contributed by atoms with E-state index in [9.17, 15) is 9.18 Å². The van der Waals surface area contributed by atoms with Gasteiger partial charge >= 0.3 is 5.97 Å². The van der Waals surface area contributed by atoms with Gasteiger partial charge in [0.2, 0.25) is 0 Å². The molecule has 0 radical (unpaired) electrons. The Bertz CT molecular complexity index is 393. The van der Waals surface area contributed by atoms with Crippen molar-refractivity contribution < 1.29 is 18.7 Å². The van der Waals surface area contributed by atoms with Crippen LogP contribution in [0.3, 0.4) is 0 Å². The first-order valence-corrected chi connectivity index (χ1v) is 5.30. The molecule has 0 fully saturated rings. The van der Waals surface area contributed by atoms with Crippen molar-refractivity contribution >= 4 is 11.7 Å². The smallest absolute Gasteiger partial charge is 0.325 e. The molecule has 1 aromatic rings. The topological polar surface area (TPSA) is 47.6 Å². The number of rotatable bonds is 5. The minimum atomic E-state index is -0.442. The summed E-state index contributed by atoms with van der Waals surface area (Å²) in [5.41, 5.74) is 0.601. The van der Waals surface area contributed by atoms with Crippen LogP contribution in [0, 0.1) is 5.82 Å². The summed E-state index contributed by atoms with van der Waals surface area (Å²) in [7, 11) is 1.38. The molecule has 1 rings (SSSR count). The molecule has 0 bridgehead atoms. The molecule has 0 heterocycles. The van der Waals surface area contributed by atoms with Gasteiger partial charge in [-0.25, -0.2) is 4.39 Å². The van der Waals surface area contributed by atoms with Crippen LogP contribution in [-0.4, -0.2) is 25.7 Å². The van der Waals surface area contributed by atoms with E-state index in [1.54, 1.807) is 13.8 Å². The average Bonchev–Trinajstić information content (AvgIpc) is 2.27. The Kier molecular flexibility index (Phi) is 4.75. The number of nitrogens with one attached hydrogen (secondary N) is 1. The molecular weight excluding hydrogens is 225 g/mol. The van der Waals surface area contributed by atoms with Crippen molar-refractivity contribution in [2.24, 2.45) is 0 Å². The second-order valence-electron chi connectivity index (χ2n) is 3.74. The third-order valence-electron chi connectivity index (χ3n) is 1.96. The Morgan fingerprint density at radius 2 is 2.18 bits per heavy atom. The van der Waals surface area contributed by atoms with Crippen molar-refractivity contribution in [3.63, 3.8) is 0 Å². The third kappa shape index (κ3) is 4.30. The number of carbonyl (C=O) groups is 1. The molecule has 0 aliphatic heterocycles. The second-order valence-corrected chi connectivity index (χ2v) is 3.74. The van der Waals surface area contributed by atoms with E-state index in [0.29, 0.717) is 5.69 Å². The van der Waals surface area contributed by atoms with Gasteiger partial charge in [-0.05, 0) is 26.0 Å². The van der Waals surface area contributed by atoms with E-state index in [0.717, 1.165) is 0 Å². The van der Waals surface area contributed by atoms with Gasteiger partial charge in [-0.3, -0.25) is 4.79 Å². The summed E-state index contributed by atoms with van der Waals surface area (Å²) in [4.78, 5) is 11.3. The van der Waals surface area contributed by atoms with Gasteiger partial charge in [0.1, 0.15) is 6.54 Å². The van der Waals surface area contributed by atoms with Crippen molar-refractivity contribution in [2.45, 2.75) is 20.0 Å². The van der Waals surface area contributed by atoms with Crippen LogP contribution in [0.1, 0.15) is 13.8 Å². The maximum absolute atomic E-state index is 13.1. The van der Waals surface area contributed by atoms with Crippen LogP contribution in [0.5, 0.6) is 5.75 Å². The van der Waals surface area contributed by atoms with Gasteiger partial charge < -0.3 is 14.8 Å². The number of anilines is 1. The molecule has 4 nitrogen and oxygen atoms in total. The van der Waals surface area contributed by atoms with E-state index in [1.165, 1.54) is 25.3 Å². The van der Waals surface area contributed by atoms with Gasteiger partial charge in [0.25, 0.3) is 0 Å². The summed E-state index contributed by atoms with van der Waals surface area (Å²) in [5.74, 6) is -0.668. The van der Waals surface area contributed by atoms with Crippen LogP contribution in [0.4, 0.5) is 10.1 Å². The zero-order chi connectivity index (χ0) is 12.8. The van der Waals surface area contributed by atoms with Gasteiger partial charge in [0.05, 0.1) is 13.2 Å². The first-order chi connectivity index (χ1) is 8.02. The lowest BCUT2D eigenvalue weighted by Crippen LogP contribution is -2.20. The van der Waals surface area contributed by atoms with Crippen LogP contribution in [0.2, 0.25) is 0 Å². The van der Waals surface area contributed by atoms with Gasteiger partial charge in [-0.2, -0.15) is 0 Å². The lowest BCUT2D eigenvalue weighted by molar-refractivity contribution is -0.145. The number of carbonyl (C=O) groups excluding carboxylic acids is 1. The predicted octanol–water partition coefficient (Wildman–Crippen LogP) is 2.20. The van der Waals surface area contributed by atoms with Crippen molar-refractivity contribution in [1.82, 2.24) is 0 Å². The number of benzene rings is 1. The minimum Gasteiger partial charge on any atom is -0.494 e. The van der Waals surface area contributed by atoms with Gasteiger partial charge in [-0.15, -0.1) is 0 Å². The summed E-state index contributed by atoms with van der Waals surface area (Å²) < 4.78 is 22.9. The molecule has 0 saturated carbocycles. The second kappa shape index (κ2) is 6.08. The molecule has 1 N–H and O–H groups in total. The van der Waals surface area contributed by atoms with Gasteiger partial charge in [0.15, 0.2) is 11.6 Å². The highest BCUT2D eigenvalue weighted by molar-refractivity contribution is 5.75. The Morgan fingerprint density at radius 1 is 1.47 bits per heavy atom. The minimum absolute atomic E-state index is 0.0347. The summed E-state index contributed by atoms with van der Waals surface area (Å²) >= 11 is 0. The molecule has 17 heavy (non-hydrogen) atoms. The molecule has 0 amide bonds. The number of methoxy groups -OCH3 is 1.